The Hall–Kier alpha value is -4.09. The van der Waals surface area contributed by atoms with Gasteiger partial charge in [0.2, 0.25) is 5.91 Å². The molecule has 1 aliphatic heterocycles. The summed E-state index contributed by atoms with van der Waals surface area (Å²) in [5.41, 5.74) is 2.08. The van der Waals surface area contributed by atoms with Gasteiger partial charge in [0.1, 0.15) is 23.5 Å². The summed E-state index contributed by atoms with van der Waals surface area (Å²) in [7, 11) is -3.41. The van der Waals surface area contributed by atoms with Gasteiger partial charge in [-0.1, -0.05) is 18.7 Å². The third-order valence-corrected chi connectivity index (χ3v) is 8.35. The van der Waals surface area contributed by atoms with Crippen LogP contribution in [-0.4, -0.2) is 73.5 Å². The second-order valence-corrected chi connectivity index (χ2v) is 12.6. The number of hydrogen-bond donors (Lipinski definition) is 1. The van der Waals surface area contributed by atoms with Gasteiger partial charge in [-0.15, -0.1) is 0 Å². The molecule has 2 atom stereocenters. The first-order valence-electron chi connectivity index (χ1n) is 13.5. The zero-order valence-electron chi connectivity index (χ0n) is 24.1. The van der Waals surface area contributed by atoms with Crippen LogP contribution >= 0.6 is 0 Å². The van der Waals surface area contributed by atoms with E-state index in [1.54, 1.807) is 49.1 Å². The highest BCUT2D eigenvalue weighted by Gasteiger charge is 2.29. The van der Waals surface area contributed by atoms with Gasteiger partial charge in [0, 0.05) is 50.2 Å². The summed E-state index contributed by atoms with van der Waals surface area (Å²) in [4.78, 5) is 33.2. The van der Waals surface area contributed by atoms with Crippen molar-refractivity contribution in [3.05, 3.63) is 95.5 Å². The number of carbonyl (C=O) groups excluding carboxylic acids is 2. The van der Waals surface area contributed by atoms with Crippen LogP contribution in [0.5, 0.6) is 5.75 Å². The largest absolute Gasteiger partial charge is 0.484 e. The van der Waals surface area contributed by atoms with Crippen LogP contribution in [0.1, 0.15) is 40.1 Å². The van der Waals surface area contributed by atoms with Gasteiger partial charge in [0.25, 0.3) is 5.91 Å². The van der Waals surface area contributed by atoms with Gasteiger partial charge in [-0.3, -0.25) is 14.5 Å². The number of hydrogen-bond acceptors (Lipinski definition) is 7. The molecule has 2 amide bonds. The van der Waals surface area contributed by atoms with Crippen LogP contribution < -0.4 is 10.1 Å². The van der Waals surface area contributed by atoms with E-state index < -0.39 is 21.8 Å². The number of aromatic nitrogens is 1. The number of aryl methyl sites for hydroxylation is 2. The van der Waals surface area contributed by atoms with E-state index in [4.69, 9.17) is 4.74 Å². The Labute approximate surface area is 245 Å². The molecular weight excluding hydrogens is 559 g/mol. The molecule has 9 nitrogen and oxygen atoms in total. The number of piperazine rings is 1. The van der Waals surface area contributed by atoms with Crippen molar-refractivity contribution in [1.82, 2.24) is 14.8 Å². The number of sulfone groups is 1. The molecule has 0 radical (unpaired) electrons. The fourth-order valence-electron chi connectivity index (χ4n) is 4.81. The van der Waals surface area contributed by atoms with E-state index in [0.717, 1.165) is 6.26 Å². The van der Waals surface area contributed by atoms with Crippen molar-refractivity contribution in [2.24, 2.45) is 0 Å². The molecule has 2 aromatic carbocycles. The molecule has 1 aliphatic rings. The second kappa shape index (κ2) is 12.8. The molecule has 1 N–H and O–H groups in total. The number of nitrogens with one attached hydrogen (secondary N) is 1. The van der Waals surface area contributed by atoms with Crippen molar-refractivity contribution in [3.8, 4) is 5.75 Å². The van der Waals surface area contributed by atoms with E-state index in [-0.39, 0.29) is 28.5 Å². The number of carbonyl (C=O) groups is 2. The summed E-state index contributed by atoms with van der Waals surface area (Å²) >= 11 is 0. The Bertz CT molecular complexity index is 1590. The van der Waals surface area contributed by atoms with E-state index >= 15 is 0 Å². The molecule has 0 spiro atoms. The molecule has 1 aromatic heterocycles. The average Bonchev–Trinajstić information content (AvgIpc) is 2.94. The minimum Gasteiger partial charge on any atom is -0.484 e. The van der Waals surface area contributed by atoms with Crippen LogP contribution in [0.15, 0.2) is 72.3 Å². The molecule has 222 valence electrons. The third kappa shape index (κ3) is 7.40. The SMILES string of the molecule is C=CC(=O)N1CCN(C[C@H](Oc2ccc(C(=O)Nc3ncc(S(C)(=O)=O)cc3C)cc2)c2ccc(C)c(F)c2)C[C@H]1C. The van der Waals surface area contributed by atoms with Crippen LogP contribution in [0.4, 0.5) is 10.2 Å². The summed E-state index contributed by atoms with van der Waals surface area (Å²) in [6.07, 6.45) is 3.12. The highest BCUT2D eigenvalue weighted by molar-refractivity contribution is 7.90. The molecule has 0 aliphatic carbocycles. The second-order valence-electron chi connectivity index (χ2n) is 10.5. The normalized spacial score (nSPS) is 16.5. The number of amides is 2. The van der Waals surface area contributed by atoms with Crippen LogP contribution in [0.3, 0.4) is 0 Å². The van der Waals surface area contributed by atoms with Crippen LogP contribution in [0, 0.1) is 19.7 Å². The van der Waals surface area contributed by atoms with Crippen LogP contribution in [0.25, 0.3) is 0 Å². The van der Waals surface area contributed by atoms with Crippen molar-refractivity contribution < 1.29 is 27.1 Å². The first-order chi connectivity index (χ1) is 19.8. The van der Waals surface area contributed by atoms with Gasteiger partial charge in [0.15, 0.2) is 9.84 Å². The summed E-state index contributed by atoms with van der Waals surface area (Å²) in [5.74, 6) is -0.0774. The number of anilines is 1. The molecule has 0 bridgehead atoms. The Morgan fingerprint density at radius 2 is 1.86 bits per heavy atom. The Morgan fingerprint density at radius 1 is 1.14 bits per heavy atom. The lowest BCUT2D eigenvalue weighted by Crippen LogP contribution is -2.54. The summed E-state index contributed by atoms with van der Waals surface area (Å²) in [6.45, 7) is 11.2. The van der Waals surface area contributed by atoms with E-state index in [0.29, 0.717) is 54.2 Å². The number of pyridine rings is 1. The number of benzene rings is 2. The Morgan fingerprint density at radius 3 is 2.45 bits per heavy atom. The predicted octanol–water partition coefficient (Wildman–Crippen LogP) is 4.33. The highest BCUT2D eigenvalue weighted by atomic mass is 32.2. The molecule has 0 saturated carbocycles. The van der Waals surface area contributed by atoms with E-state index in [1.807, 2.05) is 13.0 Å². The van der Waals surface area contributed by atoms with Crippen molar-refractivity contribution in [2.75, 3.05) is 37.8 Å². The van der Waals surface area contributed by atoms with Crippen molar-refractivity contribution >= 4 is 27.5 Å². The lowest BCUT2D eigenvalue weighted by Gasteiger charge is -2.40. The third-order valence-electron chi connectivity index (χ3n) is 7.27. The molecule has 4 rings (SSSR count). The molecule has 11 heteroatoms. The molecular formula is C31H35FN4O5S. The average molecular weight is 595 g/mol. The topological polar surface area (TPSA) is 109 Å². The van der Waals surface area contributed by atoms with E-state index in [2.05, 4.69) is 21.8 Å². The van der Waals surface area contributed by atoms with E-state index in [9.17, 15) is 22.4 Å². The number of nitrogens with zero attached hydrogens (tertiary/aromatic N) is 3. The van der Waals surface area contributed by atoms with E-state index in [1.165, 1.54) is 24.4 Å². The Balaban J connectivity index is 1.48. The standard InChI is InChI=1S/C31H35FN4O5S/c1-6-29(37)36-14-13-35(18-22(36)4)19-28(24-8-7-20(2)27(32)16-24)41-25-11-9-23(10-12-25)31(38)34-30-21(3)15-26(17-33-30)42(5,39)40/h6-12,15-17,22,28H,1,13-14,18-19H2,2-5H3,(H,33,34,38)/t22-,28+/m1/s1. The zero-order valence-corrected chi connectivity index (χ0v) is 24.9. The van der Waals surface area contributed by atoms with Crippen LogP contribution in [-0.2, 0) is 14.6 Å². The number of rotatable bonds is 9. The predicted molar refractivity (Wildman–Crippen MR) is 159 cm³/mol. The monoisotopic (exact) mass is 594 g/mol. The minimum atomic E-state index is -3.41. The summed E-state index contributed by atoms with van der Waals surface area (Å²) in [5, 5.41) is 2.71. The molecule has 42 heavy (non-hydrogen) atoms. The highest BCUT2D eigenvalue weighted by Crippen LogP contribution is 2.27. The molecule has 2 heterocycles. The first-order valence-corrected chi connectivity index (χ1v) is 15.4. The van der Waals surface area contributed by atoms with Crippen molar-refractivity contribution in [1.29, 1.82) is 0 Å². The molecule has 3 aromatic rings. The van der Waals surface area contributed by atoms with Crippen LogP contribution in [0.2, 0.25) is 0 Å². The number of ether oxygens (including phenoxy) is 1. The number of halogens is 1. The summed E-state index contributed by atoms with van der Waals surface area (Å²) in [6, 6.07) is 13.0. The molecule has 1 saturated heterocycles. The van der Waals surface area contributed by atoms with Crippen molar-refractivity contribution in [2.45, 2.75) is 37.8 Å². The lowest BCUT2D eigenvalue weighted by atomic mass is 10.0. The van der Waals surface area contributed by atoms with Gasteiger partial charge >= 0.3 is 0 Å². The molecule has 0 unspecified atom stereocenters. The van der Waals surface area contributed by atoms with Gasteiger partial charge in [0.05, 0.1) is 4.90 Å². The summed E-state index contributed by atoms with van der Waals surface area (Å²) < 4.78 is 44.4. The lowest BCUT2D eigenvalue weighted by molar-refractivity contribution is -0.130. The van der Waals surface area contributed by atoms with Gasteiger partial charge in [-0.2, -0.15) is 0 Å². The van der Waals surface area contributed by atoms with Gasteiger partial charge < -0.3 is 15.0 Å². The maximum absolute atomic E-state index is 14.5. The van der Waals surface area contributed by atoms with Crippen molar-refractivity contribution in [3.63, 3.8) is 0 Å². The van der Waals surface area contributed by atoms with Gasteiger partial charge in [-0.25, -0.2) is 17.8 Å². The Kier molecular flexibility index (Phi) is 9.43. The molecule has 1 fully saturated rings. The zero-order chi connectivity index (χ0) is 30.6. The van der Waals surface area contributed by atoms with Gasteiger partial charge in [-0.05, 0) is 79.9 Å². The smallest absolute Gasteiger partial charge is 0.256 e. The minimum absolute atomic E-state index is 0.0156. The first kappa shape index (κ1) is 30.9. The quantitative estimate of drug-likeness (QED) is 0.368. The maximum Gasteiger partial charge on any atom is 0.256 e. The fraction of sp³-hybridized carbons (Fsp3) is 0.323. The maximum atomic E-state index is 14.5. The fourth-order valence-corrected chi connectivity index (χ4v) is 5.44.